The lowest BCUT2D eigenvalue weighted by atomic mass is 9.72. The van der Waals surface area contributed by atoms with Crippen molar-refractivity contribution in [3.63, 3.8) is 0 Å². The fourth-order valence-electron chi connectivity index (χ4n) is 4.74. The number of esters is 1. The topological polar surface area (TPSA) is 97.6 Å². The number of nitriles is 1. The maximum Gasteiger partial charge on any atom is 0.308 e. The zero-order valence-corrected chi connectivity index (χ0v) is 19.6. The summed E-state index contributed by atoms with van der Waals surface area (Å²) in [5, 5.41) is 13.3. The van der Waals surface area contributed by atoms with Crippen LogP contribution in [-0.4, -0.2) is 26.0 Å². The van der Waals surface area contributed by atoms with Crippen LogP contribution in [0.15, 0.2) is 65.0 Å². The molecule has 0 unspecified atom stereocenters. The number of carbonyl (C=O) groups is 2. The lowest BCUT2D eigenvalue weighted by molar-refractivity contribution is -0.132. The van der Waals surface area contributed by atoms with E-state index in [4.69, 9.17) is 14.2 Å². The fraction of sp³-hybridized carbons (Fsp3) is 0.296. The third-order valence-corrected chi connectivity index (χ3v) is 6.31. The molecule has 7 heteroatoms. The highest BCUT2D eigenvalue weighted by molar-refractivity contribution is 6.00. The summed E-state index contributed by atoms with van der Waals surface area (Å²) in [6, 6.07) is 15.2. The van der Waals surface area contributed by atoms with Crippen molar-refractivity contribution in [1.82, 2.24) is 5.32 Å². The molecule has 2 aromatic carbocycles. The standard InChI is InChI=1S/C27H26N2O5/c1-15-21(14-28)26(18-7-10-24(34-16(2)30)25(13-18)33-4)27-22(29-15)11-19(12-23(27)31)17-5-8-20(32-3)9-6-17/h5-10,13,19,26,29H,11-12H2,1-4H3/t19-,26+/m0/s1. The summed E-state index contributed by atoms with van der Waals surface area (Å²) in [6.45, 7) is 3.17. The number of rotatable bonds is 5. The van der Waals surface area contributed by atoms with Crippen LogP contribution in [0.4, 0.5) is 0 Å². The van der Waals surface area contributed by atoms with Crippen LogP contribution in [0.2, 0.25) is 0 Å². The van der Waals surface area contributed by atoms with E-state index in [2.05, 4.69) is 11.4 Å². The first kappa shape index (κ1) is 23.1. The summed E-state index contributed by atoms with van der Waals surface area (Å²) in [5.74, 6) is 0.471. The molecule has 34 heavy (non-hydrogen) atoms. The van der Waals surface area contributed by atoms with Gasteiger partial charge in [0.25, 0.3) is 0 Å². The molecule has 0 radical (unpaired) electrons. The molecule has 0 amide bonds. The van der Waals surface area contributed by atoms with Crippen LogP contribution in [0.5, 0.6) is 17.2 Å². The average molecular weight is 459 g/mol. The van der Waals surface area contributed by atoms with E-state index >= 15 is 0 Å². The Morgan fingerprint density at radius 3 is 2.35 bits per heavy atom. The van der Waals surface area contributed by atoms with Crippen LogP contribution in [0.1, 0.15) is 49.7 Å². The Hall–Kier alpha value is -4.05. The zero-order valence-electron chi connectivity index (χ0n) is 19.6. The Balaban J connectivity index is 1.75. The molecule has 4 rings (SSSR count). The van der Waals surface area contributed by atoms with Crippen molar-refractivity contribution in [2.45, 2.75) is 38.5 Å². The summed E-state index contributed by atoms with van der Waals surface area (Å²) in [7, 11) is 3.11. The predicted molar refractivity (Wildman–Crippen MR) is 125 cm³/mol. The minimum atomic E-state index is -0.522. The maximum absolute atomic E-state index is 13.5. The van der Waals surface area contributed by atoms with Crippen molar-refractivity contribution < 1.29 is 23.8 Å². The van der Waals surface area contributed by atoms with Gasteiger partial charge in [-0.2, -0.15) is 5.26 Å². The van der Waals surface area contributed by atoms with E-state index in [1.165, 1.54) is 14.0 Å². The average Bonchev–Trinajstić information content (AvgIpc) is 2.83. The number of hydrogen-bond donors (Lipinski definition) is 1. The van der Waals surface area contributed by atoms with Gasteiger partial charge >= 0.3 is 5.97 Å². The SMILES string of the molecule is COc1ccc([C@@H]2CC(=O)C3=C(C2)NC(C)=C(C#N)[C@H]3c2ccc(OC(C)=O)c(OC)c2)cc1. The largest absolute Gasteiger partial charge is 0.497 e. The first-order valence-corrected chi connectivity index (χ1v) is 11.0. The van der Waals surface area contributed by atoms with Crippen molar-refractivity contribution in [1.29, 1.82) is 5.26 Å². The van der Waals surface area contributed by atoms with E-state index in [0.717, 1.165) is 28.3 Å². The number of nitrogens with one attached hydrogen (secondary N) is 1. The molecule has 1 aliphatic carbocycles. The van der Waals surface area contributed by atoms with Gasteiger partial charge in [0.1, 0.15) is 5.75 Å². The van der Waals surface area contributed by atoms with E-state index in [9.17, 15) is 14.9 Å². The number of hydrogen-bond acceptors (Lipinski definition) is 7. The number of allylic oxidation sites excluding steroid dienone is 4. The molecule has 0 saturated heterocycles. The second-order valence-electron chi connectivity index (χ2n) is 8.41. The fourth-order valence-corrected chi connectivity index (χ4v) is 4.74. The van der Waals surface area contributed by atoms with Gasteiger partial charge in [0.15, 0.2) is 17.3 Å². The van der Waals surface area contributed by atoms with Crippen molar-refractivity contribution in [2.75, 3.05) is 14.2 Å². The molecule has 2 atom stereocenters. The van der Waals surface area contributed by atoms with Crippen molar-refractivity contribution in [2.24, 2.45) is 0 Å². The highest BCUT2D eigenvalue weighted by Crippen LogP contribution is 2.46. The van der Waals surface area contributed by atoms with Gasteiger partial charge in [0.2, 0.25) is 0 Å². The van der Waals surface area contributed by atoms with E-state index in [-0.39, 0.29) is 17.5 Å². The zero-order chi connectivity index (χ0) is 24.4. The van der Waals surface area contributed by atoms with E-state index in [1.54, 1.807) is 25.3 Å². The first-order chi connectivity index (χ1) is 16.4. The summed E-state index contributed by atoms with van der Waals surface area (Å²) < 4.78 is 15.9. The number of benzene rings is 2. The highest BCUT2D eigenvalue weighted by atomic mass is 16.6. The molecule has 2 aliphatic rings. The van der Waals surface area contributed by atoms with Gasteiger partial charge in [0.05, 0.1) is 31.8 Å². The smallest absolute Gasteiger partial charge is 0.308 e. The van der Waals surface area contributed by atoms with Gasteiger partial charge in [-0.15, -0.1) is 0 Å². The minimum absolute atomic E-state index is 0.00264. The molecule has 0 spiro atoms. The number of dihydropyridines is 1. The van der Waals surface area contributed by atoms with Crippen molar-refractivity contribution >= 4 is 11.8 Å². The Morgan fingerprint density at radius 2 is 1.74 bits per heavy atom. The Bertz CT molecular complexity index is 1250. The number of Topliss-reactive ketones (excluding diaryl/α,β-unsaturated/α-hetero) is 1. The van der Waals surface area contributed by atoms with Crippen LogP contribution in [0.3, 0.4) is 0 Å². The summed E-state index contributed by atoms with van der Waals surface area (Å²) in [5.41, 5.74) is 4.44. The van der Waals surface area contributed by atoms with Gasteiger partial charge in [-0.25, -0.2) is 0 Å². The lowest BCUT2D eigenvalue weighted by Crippen LogP contribution is -2.33. The van der Waals surface area contributed by atoms with Gasteiger partial charge in [0, 0.05) is 30.3 Å². The third-order valence-electron chi connectivity index (χ3n) is 6.31. The molecular weight excluding hydrogens is 432 g/mol. The molecule has 0 fully saturated rings. The molecule has 174 valence electrons. The quantitative estimate of drug-likeness (QED) is 0.520. The second-order valence-corrected chi connectivity index (χ2v) is 8.41. The molecule has 1 aliphatic heterocycles. The van der Waals surface area contributed by atoms with Gasteiger partial charge in [-0.05, 0) is 54.7 Å². The number of ether oxygens (including phenoxy) is 3. The molecule has 2 aromatic rings. The molecular formula is C27H26N2O5. The summed E-state index contributed by atoms with van der Waals surface area (Å²) in [6.07, 6.45) is 1.01. The van der Waals surface area contributed by atoms with Gasteiger partial charge in [-0.3, -0.25) is 9.59 Å². The second kappa shape index (κ2) is 9.44. The van der Waals surface area contributed by atoms with Crippen LogP contribution < -0.4 is 19.5 Å². The monoisotopic (exact) mass is 458 g/mol. The maximum atomic E-state index is 13.5. The predicted octanol–water partition coefficient (Wildman–Crippen LogP) is 4.51. The van der Waals surface area contributed by atoms with Gasteiger partial charge < -0.3 is 19.5 Å². The Kier molecular flexibility index (Phi) is 6.42. The Morgan fingerprint density at radius 1 is 1.03 bits per heavy atom. The number of methoxy groups -OCH3 is 2. The normalized spacial score (nSPS) is 19.7. The van der Waals surface area contributed by atoms with Crippen LogP contribution in [-0.2, 0) is 9.59 Å². The Labute approximate surface area is 198 Å². The third kappa shape index (κ3) is 4.27. The number of ketones is 1. The molecule has 1 N–H and O–H groups in total. The molecule has 0 saturated carbocycles. The van der Waals surface area contributed by atoms with E-state index < -0.39 is 11.9 Å². The van der Waals surface area contributed by atoms with Crippen molar-refractivity contribution in [3.05, 3.63) is 76.1 Å². The lowest BCUT2D eigenvalue weighted by Gasteiger charge is -2.35. The van der Waals surface area contributed by atoms with Crippen LogP contribution in [0, 0.1) is 11.3 Å². The minimum Gasteiger partial charge on any atom is -0.497 e. The van der Waals surface area contributed by atoms with E-state index in [0.29, 0.717) is 29.7 Å². The molecule has 1 heterocycles. The molecule has 0 aromatic heterocycles. The van der Waals surface area contributed by atoms with Crippen LogP contribution >= 0.6 is 0 Å². The van der Waals surface area contributed by atoms with Crippen molar-refractivity contribution in [3.8, 4) is 23.3 Å². The number of nitrogens with zero attached hydrogens (tertiary/aromatic N) is 1. The van der Waals surface area contributed by atoms with E-state index in [1.807, 2.05) is 31.2 Å². The molecule has 0 bridgehead atoms. The number of carbonyl (C=O) groups excluding carboxylic acids is 2. The van der Waals surface area contributed by atoms with Crippen LogP contribution in [0.25, 0.3) is 0 Å². The van der Waals surface area contributed by atoms with Gasteiger partial charge in [-0.1, -0.05) is 18.2 Å². The highest BCUT2D eigenvalue weighted by Gasteiger charge is 2.39. The summed E-state index contributed by atoms with van der Waals surface area (Å²) in [4.78, 5) is 24.9. The molecule has 7 nitrogen and oxygen atoms in total. The summed E-state index contributed by atoms with van der Waals surface area (Å²) >= 11 is 0. The first-order valence-electron chi connectivity index (χ1n) is 11.0.